The zero-order valence-electron chi connectivity index (χ0n) is 18.5. The zero-order chi connectivity index (χ0) is 25.4. The summed E-state index contributed by atoms with van der Waals surface area (Å²) >= 11 is 0. The van der Waals surface area contributed by atoms with Crippen LogP contribution in [-0.4, -0.2) is 68.0 Å². The number of aromatic nitrogens is 2. The number of carbonyl (C=O) groups excluding carboxylic acids is 2. The van der Waals surface area contributed by atoms with E-state index in [1.165, 1.54) is 0 Å². The molecule has 0 spiro atoms. The molecule has 0 fully saturated rings. The van der Waals surface area contributed by atoms with Crippen LogP contribution in [0.3, 0.4) is 0 Å². The topological polar surface area (TPSA) is 182 Å². The van der Waals surface area contributed by atoms with Gasteiger partial charge in [-0.15, -0.1) is 0 Å². The van der Waals surface area contributed by atoms with Crippen LogP contribution >= 0.6 is 0 Å². The van der Waals surface area contributed by atoms with Crippen molar-refractivity contribution in [3.63, 3.8) is 0 Å². The van der Waals surface area contributed by atoms with Crippen LogP contribution in [0.15, 0.2) is 60.7 Å². The van der Waals surface area contributed by atoms with E-state index < -0.39 is 42.4 Å². The molecule has 2 amide bonds. The van der Waals surface area contributed by atoms with Gasteiger partial charge in [-0.3, -0.25) is 19.5 Å². The summed E-state index contributed by atoms with van der Waals surface area (Å²) < 4.78 is 0. The average Bonchev–Trinajstić information content (AvgIpc) is 3.34. The maximum atomic E-state index is 12.7. The zero-order valence-corrected chi connectivity index (χ0v) is 18.5. The molecule has 0 aliphatic rings. The van der Waals surface area contributed by atoms with Crippen molar-refractivity contribution < 1.29 is 34.5 Å². The number of carboxylic acids is 2. The fourth-order valence-corrected chi connectivity index (χ4v) is 3.38. The average molecular weight is 480 g/mol. The van der Waals surface area contributed by atoms with Crippen molar-refractivity contribution >= 4 is 23.8 Å². The molecular weight excluding hydrogens is 456 g/mol. The first-order valence-electron chi connectivity index (χ1n) is 10.6. The van der Waals surface area contributed by atoms with Gasteiger partial charge in [0.05, 0.1) is 0 Å². The first-order valence-corrected chi connectivity index (χ1v) is 10.6. The van der Waals surface area contributed by atoms with E-state index in [-0.39, 0.29) is 24.2 Å². The number of aliphatic carboxylic acids is 2. The van der Waals surface area contributed by atoms with Crippen LogP contribution in [0.1, 0.15) is 33.0 Å². The lowest BCUT2D eigenvalue weighted by molar-refractivity contribution is -0.147. The number of hydrogen-bond donors (Lipinski definition) is 6. The van der Waals surface area contributed by atoms with Crippen molar-refractivity contribution in [3.8, 4) is 11.1 Å². The van der Waals surface area contributed by atoms with Gasteiger partial charge in [-0.1, -0.05) is 54.6 Å². The number of amides is 2. The van der Waals surface area contributed by atoms with Crippen molar-refractivity contribution in [3.05, 3.63) is 77.6 Å². The van der Waals surface area contributed by atoms with Crippen LogP contribution < -0.4 is 10.6 Å². The van der Waals surface area contributed by atoms with Gasteiger partial charge in [0.25, 0.3) is 11.8 Å². The van der Waals surface area contributed by atoms with E-state index in [2.05, 4.69) is 20.8 Å². The number of aromatic amines is 1. The fourth-order valence-electron chi connectivity index (χ4n) is 3.38. The van der Waals surface area contributed by atoms with Gasteiger partial charge in [-0.05, 0) is 23.1 Å². The molecule has 3 aromatic rings. The molecule has 2 atom stereocenters. The number of H-pyrrole nitrogens is 1. The molecule has 11 nitrogen and oxygen atoms in total. The number of nitrogens with zero attached hydrogens (tertiary/aromatic N) is 1. The summed E-state index contributed by atoms with van der Waals surface area (Å²) in [7, 11) is 0. The number of benzene rings is 2. The van der Waals surface area contributed by atoms with Crippen LogP contribution in [0.4, 0.5) is 0 Å². The molecule has 1 heterocycles. The Kier molecular flexibility index (Phi) is 8.30. The second-order valence-electron chi connectivity index (χ2n) is 7.77. The highest BCUT2D eigenvalue weighted by molar-refractivity contribution is 5.98. The number of carbonyl (C=O) groups is 4. The van der Waals surface area contributed by atoms with E-state index in [0.29, 0.717) is 0 Å². The lowest BCUT2D eigenvalue weighted by Gasteiger charge is -2.20. The Labute approximate surface area is 199 Å². The molecule has 0 saturated carbocycles. The molecular formula is C24H24N4O7. The maximum absolute atomic E-state index is 12.7. The van der Waals surface area contributed by atoms with E-state index >= 15 is 0 Å². The summed E-state index contributed by atoms with van der Waals surface area (Å²) in [5.74, 6) is -4.09. The monoisotopic (exact) mass is 480 g/mol. The predicted octanol–water partition coefficient (Wildman–Crippen LogP) is 1.07. The summed E-state index contributed by atoms with van der Waals surface area (Å²) in [6.07, 6.45) is -1.71. The molecule has 1 aromatic heterocycles. The van der Waals surface area contributed by atoms with Gasteiger partial charge >= 0.3 is 11.9 Å². The van der Waals surface area contributed by atoms with Gasteiger partial charge < -0.3 is 26.0 Å². The van der Waals surface area contributed by atoms with Crippen molar-refractivity contribution in [2.75, 3.05) is 6.54 Å². The number of aliphatic hydroxyl groups is 1. The molecule has 1 unspecified atom stereocenters. The normalized spacial score (nSPS) is 12.4. The van der Waals surface area contributed by atoms with Crippen molar-refractivity contribution in [1.29, 1.82) is 0 Å². The Morgan fingerprint density at radius 2 is 1.57 bits per heavy atom. The van der Waals surface area contributed by atoms with Crippen LogP contribution in [0.2, 0.25) is 0 Å². The van der Waals surface area contributed by atoms with Gasteiger partial charge in [0.1, 0.15) is 12.2 Å². The predicted molar refractivity (Wildman–Crippen MR) is 124 cm³/mol. The van der Waals surface area contributed by atoms with Crippen molar-refractivity contribution in [2.24, 2.45) is 0 Å². The Balaban J connectivity index is 1.70. The third kappa shape index (κ3) is 7.24. The third-order valence-corrected chi connectivity index (χ3v) is 5.13. The van der Waals surface area contributed by atoms with E-state index in [9.17, 15) is 24.3 Å². The molecule has 182 valence electrons. The smallest absolute Gasteiger partial charge is 0.332 e. The summed E-state index contributed by atoms with van der Waals surface area (Å²) in [5.41, 5.74) is 2.57. The van der Waals surface area contributed by atoms with E-state index in [4.69, 9.17) is 10.2 Å². The molecule has 0 aliphatic carbocycles. The molecule has 0 saturated heterocycles. The van der Waals surface area contributed by atoms with Crippen molar-refractivity contribution in [1.82, 2.24) is 20.8 Å². The van der Waals surface area contributed by atoms with Crippen LogP contribution in [0.5, 0.6) is 0 Å². The number of carboxylic acid groups (broad SMARTS) is 2. The number of hydrogen-bond acceptors (Lipinski definition) is 6. The minimum Gasteiger partial charge on any atom is -0.480 e. The Bertz CT molecular complexity index is 1190. The first kappa shape index (κ1) is 25.1. The minimum atomic E-state index is -1.69. The van der Waals surface area contributed by atoms with Crippen molar-refractivity contribution in [2.45, 2.75) is 25.0 Å². The third-order valence-electron chi connectivity index (χ3n) is 5.13. The quantitative estimate of drug-likeness (QED) is 0.235. The van der Waals surface area contributed by atoms with Gasteiger partial charge in [0.2, 0.25) is 0 Å². The Hall–Kier alpha value is -4.51. The molecule has 6 N–H and O–H groups in total. The van der Waals surface area contributed by atoms with Gasteiger partial charge in [-0.25, -0.2) is 4.79 Å². The molecule has 0 radical (unpaired) electrons. The lowest BCUT2D eigenvalue weighted by Crippen LogP contribution is -2.40. The van der Waals surface area contributed by atoms with Gasteiger partial charge in [-0.2, -0.15) is 5.10 Å². The fraction of sp³-hybridized carbons (Fsp3) is 0.208. The summed E-state index contributed by atoms with van der Waals surface area (Å²) in [5, 5.41) is 38.5. The Morgan fingerprint density at radius 1 is 0.914 bits per heavy atom. The number of rotatable bonds is 11. The summed E-state index contributed by atoms with van der Waals surface area (Å²) in [6, 6.07) is 17.6. The molecule has 35 heavy (non-hydrogen) atoms. The molecule has 11 heteroatoms. The Morgan fingerprint density at radius 3 is 2.20 bits per heavy atom. The lowest BCUT2D eigenvalue weighted by atomic mass is 9.97. The second-order valence-corrected chi connectivity index (χ2v) is 7.77. The molecule has 2 aromatic carbocycles. The minimum absolute atomic E-state index is 0.116. The summed E-state index contributed by atoms with van der Waals surface area (Å²) in [6.45, 7) is -0.600. The summed E-state index contributed by atoms with van der Waals surface area (Å²) in [4.78, 5) is 46.4. The highest BCUT2D eigenvalue weighted by atomic mass is 16.4. The van der Waals surface area contributed by atoms with E-state index in [0.717, 1.165) is 22.8 Å². The molecule has 0 aliphatic heterocycles. The largest absolute Gasteiger partial charge is 0.480 e. The highest BCUT2D eigenvalue weighted by Gasteiger charge is 2.24. The second kappa shape index (κ2) is 11.6. The van der Waals surface area contributed by atoms with Gasteiger partial charge in [0, 0.05) is 18.5 Å². The first-order chi connectivity index (χ1) is 16.7. The van der Waals surface area contributed by atoms with E-state index in [1.54, 1.807) is 0 Å². The van der Waals surface area contributed by atoms with Gasteiger partial charge in [0.15, 0.2) is 11.8 Å². The van der Waals surface area contributed by atoms with Crippen LogP contribution in [-0.2, 0) is 16.0 Å². The number of aliphatic hydroxyl groups excluding tert-OH is 1. The number of nitrogens with one attached hydrogen (secondary N) is 3. The van der Waals surface area contributed by atoms with E-state index in [1.807, 2.05) is 54.6 Å². The SMILES string of the molecule is O=C(O)CNC(=O)c1cc(C(=O)NC(Cc2ccc(-c3ccccc3)cc2)C[C@@H](O)C(=O)O)n[nH]1. The molecule has 0 bridgehead atoms. The van der Waals surface area contributed by atoms with Crippen LogP contribution in [0, 0.1) is 0 Å². The van der Waals surface area contributed by atoms with Crippen LogP contribution in [0.25, 0.3) is 11.1 Å². The maximum Gasteiger partial charge on any atom is 0.332 e. The standard InChI is InChI=1S/C24H24N4O7/c29-20(24(34)35)11-17(10-14-6-8-16(9-7-14)15-4-2-1-3-5-15)26-23(33)19-12-18(27-28-19)22(32)25-13-21(30)31/h1-9,12,17,20,29H,10-11,13H2,(H,25,32)(H,26,33)(H,27,28)(H,30,31)(H,34,35)/t17?,20-/m1/s1. The highest BCUT2D eigenvalue weighted by Crippen LogP contribution is 2.20. The molecule has 3 rings (SSSR count).